The van der Waals surface area contributed by atoms with Crippen LogP contribution in [-0.4, -0.2) is 43.4 Å². The molecule has 0 bridgehead atoms. The van der Waals surface area contributed by atoms with Crippen molar-refractivity contribution in [1.29, 1.82) is 0 Å². The maximum atomic E-state index is 11.7. The largest absolute Gasteiger partial charge is 0.333 e. The maximum absolute atomic E-state index is 11.7. The van der Waals surface area contributed by atoms with Crippen molar-refractivity contribution >= 4 is 27.2 Å². The second-order valence-electron chi connectivity index (χ2n) is 4.22. The van der Waals surface area contributed by atoms with E-state index in [4.69, 9.17) is 0 Å². The average Bonchev–Trinajstić information content (AvgIpc) is 2.76. The lowest BCUT2D eigenvalue weighted by atomic mass is 10.2. The minimum atomic E-state index is -3.01. The highest BCUT2D eigenvalue weighted by Gasteiger charge is 2.38. The van der Waals surface area contributed by atoms with Gasteiger partial charge in [0.1, 0.15) is 0 Å². The molecule has 2 rings (SSSR count). The topological polar surface area (TPSA) is 66.5 Å². The number of carbonyl (C=O) groups excluding carboxylic acids is 1. The number of hydrogen-bond donors (Lipinski definition) is 1. The standard InChI is InChI=1S/C11H16N2O3S2/c1-2-18(15,16)10-7-13(8-10)11(14)12-6-9-4-3-5-17-9/h3-5,10H,2,6-8H2,1H3,(H,12,14). The van der Waals surface area contributed by atoms with Crippen molar-refractivity contribution in [1.82, 2.24) is 10.2 Å². The maximum Gasteiger partial charge on any atom is 0.317 e. The molecule has 18 heavy (non-hydrogen) atoms. The third-order valence-corrected chi connectivity index (χ3v) is 6.03. The zero-order valence-electron chi connectivity index (χ0n) is 10.1. The Morgan fingerprint density at radius 2 is 2.28 bits per heavy atom. The molecule has 1 aromatic heterocycles. The van der Waals surface area contributed by atoms with E-state index in [9.17, 15) is 13.2 Å². The van der Waals surface area contributed by atoms with Crippen molar-refractivity contribution < 1.29 is 13.2 Å². The summed E-state index contributed by atoms with van der Waals surface area (Å²) in [7, 11) is -3.01. The number of sulfone groups is 1. The van der Waals surface area contributed by atoms with Gasteiger partial charge in [-0.1, -0.05) is 13.0 Å². The van der Waals surface area contributed by atoms with Crippen LogP contribution in [0, 0.1) is 0 Å². The fourth-order valence-corrected chi connectivity index (χ4v) is 3.68. The summed E-state index contributed by atoms with van der Waals surface area (Å²) in [5.74, 6) is 0.141. The molecular weight excluding hydrogens is 272 g/mol. The molecule has 0 atom stereocenters. The second kappa shape index (κ2) is 5.27. The highest BCUT2D eigenvalue weighted by molar-refractivity contribution is 7.92. The highest BCUT2D eigenvalue weighted by atomic mass is 32.2. The Balaban J connectivity index is 1.77. The lowest BCUT2D eigenvalue weighted by Crippen LogP contribution is -2.59. The van der Waals surface area contributed by atoms with Gasteiger partial charge in [0, 0.05) is 23.7 Å². The Kier molecular flexibility index (Phi) is 3.91. The number of hydrogen-bond acceptors (Lipinski definition) is 4. The number of amides is 2. The normalized spacial score (nSPS) is 16.4. The molecule has 2 heterocycles. The van der Waals surface area contributed by atoms with Crippen LogP contribution in [0.4, 0.5) is 4.79 Å². The molecule has 0 radical (unpaired) electrons. The summed E-state index contributed by atoms with van der Waals surface area (Å²) in [4.78, 5) is 14.3. The summed E-state index contributed by atoms with van der Waals surface area (Å²) in [5, 5.41) is 4.35. The number of nitrogens with one attached hydrogen (secondary N) is 1. The van der Waals surface area contributed by atoms with Gasteiger partial charge in [0.05, 0.1) is 11.8 Å². The molecule has 1 aromatic rings. The van der Waals surface area contributed by atoms with E-state index in [-0.39, 0.29) is 17.0 Å². The average molecular weight is 288 g/mol. The first kappa shape index (κ1) is 13.4. The van der Waals surface area contributed by atoms with Gasteiger partial charge in [0.15, 0.2) is 9.84 Å². The quantitative estimate of drug-likeness (QED) is 0.901. The molecule has 0 aromatic carbocycles. The van der Waals surface area contributed by atoms with Gasteiger partial charge in [-0.05, 0) is 11.4 Å². The third kappa shape index (κ3) is 2.84. The molecule has 0 aliphatic carbocycles. The van der Waals surface area contributed by atoms with Gasteiger partial charge in [0.2, 0.25) is 0 Å². The van der Waals surface area contributed by atoms with E-state index >= 15 is 0 Å². The molecular formula is C11H16N2O3S2. The van der Waals surface area contributed by atoms with Crippen molar-refractivity contribution in [2.45, 2.75) is 18.7 Å². The first-order valence-corrected chi connectivity index (χ1v) is 8.39. The molecule has 1 fully saturated rings. The van der Waals surface area contributed by atoms with Gasteiger partial charge in [-0.2, -0.15) is 0 Å². The predicted octanol–water partition coefficient (Wildman–Crippen LogP) is 1.08. The van der Waals surface area contributed by atoms with Crippen LogP contribution < -0.4 is 5.32 Å². The predicted molar refractivity (Wildman–Crippen MR) is 71.4 cm³/mol. The van der Waals surface area contributed by atoms with E-state index in [2.05, 4.69) is 5.32 Å². The smallest absolute Gasteiger partial charge is 0.317 e. The SMILES string of the molecule is CCS(=O)(=O)C1CN(C(=O)NCc2cccs2)C1. The number of urea groups is 1. The van der Waals surface area contributed by atoms with Gasteiger partial charge in [-0.3, -0.25) is 0 Å². The molecule has 0 saturated carbocycles. The van der Waals surface area contributed by atoms with Crippen molar-refractivity contribution in [3.05, 3.63) is 22.4 Å². The second-order valence-corrected chi connectivity index (χ2v) is 7.82. The van der Waals surface area contributed by atoms with Crippen LogP contribution >= 0.6 is 11.3 Å². The molecule has 0 spiro atoms. The number of rotatable bonds is 4. The van der Waals surface area contributed by atoms with Crippen LogP contribution in [0.25, 0.3) is 0 Å². The summed E-state index contributed by atoms with van der Waals surface area (Å²) >= 11 is 1.58. The van der Waals surface area contributed by atoms with Crippen molar-refractivity contribution in [3.8, 4) is 0 Å². The fraction of sp³-hybridized carbons (Fsp3) is 0.545. The molecule has 7 heteroatoms. The van der Waals surface area contributed by atoms with E-state index in [1.165, 1.54) is 4.90 Å². The van der Waals surface area contributed by atoms with E-state index in [1.807, 2.05) is 17.5 Å². The Morgan fingerprint density at radius 3 is 2.83 bits per heavy atom. The van der Waals surface area contributed by atoms with Crippen LogP contribution in [0.15, 0.2) is 17.5 Å². The molecule has 100 valence electrons. The number of thiophene rings is 1. The first-order chi connectivity index (χ1) is 8.53. The van der Waals surface area contributed by atoms with E-state index < -0.39 is 9.84 Å². The van der Waals surface area contributed by atoms with Crippen LogP contribution in [0.3, 0.4) is 0 Å². The first-order valence-electron chi connectivity index (χ1n) is 5.79. The van der Waals surface area contributed by atoms with Crippen molar-refractivity contribution in [2.24, 2.45) is 0 Å². The minimum Gasteiger partial charge on any atom is -0.333 e. The van der Waals surface area contributed by atoms with E-state index in [0.717, 1.165) is 4.88 Å². The Labute approximate surface area is 111 Å². The molecule has 1 N–H and O–H groups in total. The summed E-state index contributed by atoms with van der Waals surface area (Å²) in [5.41, 5.74) is 0. The monoisotopic (exact) mass is 288 g/mol. The van der Waals surface area contributed by atoms with Crippen LogP contribution in [-0.2, 0) is 16.4 Å². The Morgan fingerprint density at radius 1 is 1.56 bits per heavy atom. The fourth-order valence-electron chi connectivity index (χ4n) is 1.75. The summed E-state index contributed by atoms with van der Waals surface area (Å²) < 4.78 is 23.1. The van der Waals surface area contributed by atoms with Gasteiger partial charge in [0.25, 0.3) is 0 Å². The lowest BCUT2D eigenvalue weighted by Gasteiger charge is -2.38. The Hall–Kier alpha value is -1.08. The van der Waals surface area contributed by atoms with E-state index in [0.29, 0.717) is 19.6 Å². The van der Waals surface area contributed by atoms with Crippen molar-refractivity contribution in [2.75, 3.05) is 18.8 Å². The van der Waals surface area contributed by atoms with Crippen LogP contribution in [0.1, 0.15) is 11.8 Å². The van der Waals surface area contributed by atoms with Gasteiger partial charge in [-0.25, -0.2) is 13.2 Å². The number of nitrogens with zero attached hydrogens (tertiary/aromatic N) is 1. The van der Waals surface area contributed by atoms with Crippen molar-refractivity contribution in [3.63, 3.8) is 0 Å². The zero-order chi connectivity index (χ0) is 13.2. The summed E-state index contributed by atoms with van der Waals surface area (Å²) in [6.07, 6.45) is 0. The van der Waals surface area contributed by atoms with Crippen LogP contribution in [0.2, 0.25) is 0 Å². The highest BCUT2D eigenvalue weighted by Crippen LogP contribution is 2.17. The molecule has 1 saturated heterocycles. The zero-order valence-corrected chi connectivity index (χ0v) is 11.8. The van der Waals surface area contributed by atoms with Gasteiger partial charge >= 0.3 is 6.03 Å². The molecule has 1 aliphatic heterocycles. The summed E-state index contributed by atoms with van der Waals surface area (Å²) in [6.45, 7) is 2.76. The van der Waals surface area contributed by atoms with Gasteiger partial charge in [-0.15, -0.1) is 11.3 Å². The number of carbonyl (C=O) groups is 1. The van der Waals surface area contributed by atoms with E-state index in [1.54, 1.807) is 18.3 Å². The molecule has 2 amide bonds. The third-order valence-electron chi connectivity index (χ3n) is 3.04. The van der Waals surface area contributed by atoms with Crippen LogP contribution in [0.5, 0.6) is 0 Å². The van der Waals surface area contributed by atoms with Gasteiger partial charge < -0.3 is 10.2 Å². The Bertz CT molecular complexity index is 504. The molecule has 5 nitrogen and oxygen atoms in total. The summed E-state index contributed by atoms with van der Waals surface area (Å²) in [6, 6.07) is 3.69. The number of likely N-dealkylation sites (tertiary alicyclic amines) is 1. The minimum absolute atomic E-state index is 0.141. The molecule has 0 unspecified atom stereocenters. The lowest BCUT2D eigenvalue weighted by molar-refractivity contribution is 0.169. The molecule has 1 aliphatic rings.